The van der Waals surface area contributed by atoms with Gasteiger partial charge in [0.1, 0.15) is 0 Å². The second-order valence-electron chi connectivity index (χ2n) is 5.95. The van der Waals surface area contributed by atoms with Gasteiger partial charge in [0.05, 0.1) is 0 Å². The molecule has 0 spiro atoms. The highest BCUT2D eigenvalue weighted by Crippen LogP contribution is 2.25. The second kappa shape index (κ2) is 4.77. The molecule has 0 unspecified atom stereocenters. The van der Waals surface area contributed by atoms with Gasteiger partial charge in [-0.25, -0.2) is 0 Å². The van der Waals surface area contributed by atoms with Crippen molar-refractivity contribution >= 4 is 11.7 Å². The van der Waals surface area contributed by atoms with E-state index >= 15 is 0 Å². The molecule has 0 aromatic heterocycles. The first-order chi connectivity index (χ1) is 6.53. The monoisotopic (exact) mass is 213 g/mol. The molecule has 0 fully saturated rings. The van der Waals surface area contributed by atoms with Crippen LogP contribution in [0.1, 0.15) is 54.4 Å². The van der Waals surface area contributed by atoms with Gasteiger partial charge in [0.15, 0.2) is 0 Å². The van der Waals surface area contributed by atoms with E-state index in [9.17, 15) is 9.59 Å². The Labute approximate surface area is 92.6 Å². The molecule has 1 N–H and O–H groups in total. The van der Waals surface area contributed by atoms with Gasteiger partial charge in [-0.15, -0.1) is 0 Å². The lowest BCUT2D eigenvalue weighted by Gasteiger charge is -2.29. The molecule has 0 aromatic rings. The minimum atomic E-state index is -0.492. The van der Waals surface area contributed by atoms with Crippen molar-refractivity contribution in [1.29, 1.82) is 0 Å². The number of ketones is 1. The maximum absolute atomic E-state index is 11.2. The van der Waals surface area contributed by atoms with Crippen LogP contribution >= 0.6 is 0 Å². The molecule has 0 saturated carbocycles. The minimum Gasteiger partial charge on any atom is -0.345 e. The summed E-state index contributed by atoms with van der Waals surface area (Å²) in [6.45, 7) is 11.7. The Morgan fingerprint density at radius 3 is 1.80 bits per heavy atom. The maximum Gasteiger partial charge on any atom is 0.287 e. The van der Waals surface area contributed by atoms with Crippen molar-refractivity contribution in [2.45, 2.75) is 59.9 Å². The van der Waals surface area contributed by atoms with Crippen LogP contribution in [0, 0.1) is 5.41 Å². The number of hydrogen-bond donors (Lipinski definition) is 1. The predicted octanol–water partition coefficient (Wildman–Crippen LogP) is 2.30. The third-order valence-electron chi connectivity index (χ3n) is 2.27. The molecule has 3 heteroatoms. The van der Waals surface area contributed by atoms with Crippen LogP contribution < -0.4 is 5.32 Å². The van der Waals surface area contributed by atoms with Crippen molar-refractivity contribution in [3.05, 3.63) is 0 Å². The zero-order chi connectivity index (χ0) is 12.3. The molecule has 3 nitrogen and oxygen atoms in total. The smallest absolute Gasteiger partial charge is 0.287 e. The average molecular weight is 213 g/mol. The summed E-state index contributed by atoms with van der Waals surface area (Å²) < 4.78 is 0. The Morgan fingerprint density at radius 1 is 1.00 bits per heavy atom. The van der Waals surface area contributed by atoms with Gasteiger partial charge in [0, 0.05) is 12.5 Å². The zero-order valence-corrected chi connectivity index (χ0v) is 10.7. The lowest BCUT2D eigenvalue weighted by molar-refractivity contribution is -0.137. The zero-order valence-electron chi connectivity index (χ0n) is 10.7. The van der Waals surface area contributed by atoms with Crippen molar-refractivity contribution < 1.29 is 9.59 Å². The van der Waals surface area contributed by atoms with Gasteiger partial charge < -0.3 is 5.32 Å². The number of nitrogens with one attached hydrogen (secondary N) is 1. The van der Waals surface area contributed by atoms with Gasteiger partial charge in [0.25, 0.3) is 5.91 Å². The molecular formula is C12H23NO2. The van der Waals surface area contributed by atoms with E-state index in [1.54, 1.807) is 0 Å². The van der Waals surface area contributed by atoms with Gasteiger partial charge in [-0.3, -0.25) is 9.59 Å². The van der Waals surface area contributed by atoms with Crippen LogP contribution in [0.25, 0.3) is 0 Å². The molecule has 0 atom stereocenters. The fourth-order valence-electron chi connectivity index (χ4n) is 1.15. The highest BCUT2D eigenvalue weighted by atomic mass is 16.2. The minimum absolute atomic E-state index is 0.248. The van der Waals surface area contributed by atoms with Crippen molar-refractivity contribution in [3.8, 4) is 0 Å². The van der Waals surface area contributed by atoms with Crippen LogP contribution in [0.5, 0.6) is 0 Å². The standard InChI is InChI=1S/C12H23NO2/c1-9(14)10(15)13-12(5,6)8-7-11(2,3)4/h7-8H2,1-6H3,(H,13,15). The van der Waals surface area contributed by atoms with Gasteiger partial charge in [-0.05, 0) is 32.1 Å². The van der Waals surface area contributed by atoms with Crippen LogP contribution in [0.3, 0.4) is 0 Å². The third-order valence-corrected chi connectivity index (χ3v) is 2.27. The molecule has 88 valence electrons. The van der Waals surface area contributed by atoms with Crippen molar-refractivity contribution in [3.63, 3.8) is 0 Å². The van der Waals surface area contributed by atoms with E-state index in [0.29, 0.717) is 0 Å². The summed E-state index contributed by atoms with van der Waals surface area (Å²) in [6.07, 6.45) is 1.88. The van der Waals surface area contributed by atoms with Crippen molar-refractivity contribution in [2.24, 2.45) is 5.41 Å². The maximum atomic E-state index is 11.2. The van der Waals surface area contributed by atoms with Crippen LogP contribution in [0.4, 0.5) is 0 Å². The molecule has 0 saturated heterocycles. The van der Waals surface area contributed by atoms with Crippen LogP contribution in [-0.2, 0) is 9.59 Å². The van der Waals surface area contributed by atoms with E-state index in [1.165, 1.54) is 6.92 Å². The molecule has 1 amide bonds. The molecule has 0 bridgehead atoms. The molecule has 0 aliphatic rings. The first kappa shape index (κ1) is 14.1. The fraction of sp³-hybridized carbons (Fsp3) is 0.833. The van der Waals surface area contributed by atoms with E-state index in [-0.39, 0.29) is 11.0 Å². The lowest BCUT2D eigenvalue weighted by Crippen LogP contribution is -2.46. The summed E-state index contributed by atoms with van der Waals surface area (Å²) in [5.41, 5.74) is -0.0613. The summed E-state index contributed by atoms with van der Waals surface area (Å²) in [4.78, 5) is 22.0. The number of carbonyl (C=O) groups is 2. The van der Waals surface area contributed by atoms with Gasteiger partial charge in [0.2, 0.25) is 5.78 Å². The SMILES string of the molecule is CC(=O)C(=O)NC(C)(C)CCC(C)(C)C. The van der Waals surface area contributed by atoms with Crippen LogP contribution in [-0.4, -0.2) is 17.2 Å². The Kier molecular flexibility index (Phi) is 4.50. The average Bonchev–Trinajstić information content (AvgIpc) is 1.99. The van der Waals surface area contributed by atoms with E-state index in [4.69, 9.17) is 0 Å². The Morgan fingerprint density at radius 2 is 1.47 bits per heavy atom. The van der Waals surface area contributed by atoms with E-state index in [2.05, 4.69) is 26.1 Å². The van der Waals surface area contributed by atoms with Crippen molar-refractivity contribution in [2.75, 3.05) is 0 Å². The largest absolute Gasteiger partial charge is 0.345 e. The topological polar surface area (TPSA) is 46.2 Å². The Balaban J connectivity index is 4.19. The molecule has 0 aliphatic carbocycles. The van der Waals surface area contributed by atoms with Crippen LogP contribution in [0.15, 0.2) is 0 Å². The number of amides is 1. The Hall–Kier alpha value is -0.860. The lowest BCUT2D eigenvalue weighted by atomic mass is 9.84. The van der Waals surface area contributed by atoms with E-state index in [1.807, 2.05) is 13.8 Å². The van der Waals surface area contributed by atoms with Crippen molar-refractivity contribution in [1.82, 2.24) is 5.32 Å². The normalized spacial score (nSPS) is 12.4. The molecule has 0 radical (unpaired) electrons. The highest BCUT2D eigenvalue weighted by molar-refractivity contribution is 6.35. The number of rotatable bonds is 4. The molecule has 0 aromatic carbocycles. The second-order valence-corrected chi connectivity index (χ2v) is 5.95. The van der Waals surface area contributed by atoms with E-state index in [0.717, 1.165) is 12.8 Å². The Bertz CT molecular complexity index is 249. The summed E-state index contributed by atoms with van der Waals surface area (Å²) in [5.74, 6) is -0.923. The summed E-state index contributed by atoms with van der Waals surface area (Å²) in [6, 6.07) is 0. The molecule has 0 heterocycles. The first-order valence-corrected chi connectivity index (χ1v) is 5.37. The quantitative estimate of drug-likeness (QED) is 0.728. The number of hydrogen-bond acceptors (Lipinski definition) is 2. The molecular weight excluding hydrogens is 190 g/mol. The van der Waals surface area contributed by atoms with E-state index < -0.39 is 11.7 Å². The van der Waals surface area contributed by atoms with Gasteiger partial charge >= 0.3 is 0 Å². The molecule has 15 heavy (non-hydrogen) atoms. The first-order valence-electron chi connectivity index (χ1n) is 5.37. The van der Waals surface area contributed by atoms with Gasteiger partial charge in [-0.2, -0.15) is 0 Å². The number of Topliss-reactive ketones (excluding diaryl/α,β-unsaturated/α-hetero) is 1. The number of carbonyl (C=O) groups excluding carboxylic acids is 2. The predicted molar refractivity (Wildman–Crippen MR) is 61.6 cm³/mol. The van der Waals surface area contributed by atoms with Crippen LogP contribution in [0.2, 0.25) is 0 Å². The summed E-state index contributed by atoms with van der Waals surface area (Å²) in [7, 11) is 0. The van der Waals surface area contributed by atoms with Gasteiger partial charge in [-0.1, -0.05) is 20.8 Å². The third kappa shape index (κ3) is 7.11. The molecule has 0 rings (SSSR count). The summed E-state index contributed by atoms with van der Waals surface area (Å²) in [5, 5.41) is 2.74. The molecule has 0 aliphatic heterocycles. The summed E-state index contributed by atoms with van der Waals surface area (Å²) >= 11 is 0. The highest BCUT2D eigenvalue weighted by Gasteiger charge is 2.24. The fourth-order valence-corrected chi connectivity index (χ4v) is 1.15.